The van der Waals surface area contributed by atoms with Gasteiger partial charge in [-0.15, -0.1) is 6.42 Å². The van der Waals surface area contributed by atoms with Crippen molar-refractivity contribution in [2.75, 3.05) is 6.54 Å². The van der Waals surface area contributed by atoms with E-state index in [0.29, 0.717) is 12.0 Å². The van der Waals surface area contributed by atoms with Crippen LogP contribution in [-0.2, 0) is 4.79 Å². The van der Waals surface area contributed by atoms with E-state index in [0.717, 1.165) is 0 Å². The Morgan fingerprint density at radius 2 is 1.90 bits per heavy atom. The highest BCUT2D eigenvalue weighted by molar-refractivity contribution is 5.97. The van der Waals surface area contributed by atoms with Gasteiger partial charge in [0.05, 0.1) is 6.54 Å². The number of halogens is 1. The van der Waals surface area contributed by atoms with Crippen molar-refractivity contribution in [3.8, 4) is 12.3 Å². The van der Waals surface area contributed by atoms with Crippen molar-refractivity contribution in [1.29, 1.82) is 0 Å². The summed E-state index contributed by atoms with van der Waals surface area (Å²) in [5, 5.41) is 5.20. The van der Waals surface area contributed by atoms with E-state index in [4.69, 9.17) is 6.42 Å². The lowest BCUT2D eigenvalue weighted by atomic mass is 10.0. The van der Waals surface area contributed by atoms with E-state index < -0.39 is 17.8 Å². The van der Waals surface area contributed by atoms with Gasteiger partial charge in [-0.25, -0.2) is 4.39 Å². The van der Waals surface area contributed by atoms with Gasteiger partial charge in [-0.3, -0.25) is 9.59 Å². The summed E-state index contributed by atoms with van der Waals surface area (Å²) in [7, 11) is 0. The van der Waals surface area contributed by atoms with Crippen molar-refractivity contribution >= 4 is 11.8 Å². The average Bonchev–Trinajstić information content (AvgIpc) is 2.44. The smallest absolute Gasteiger partial charge is 0.251 e. The molecule has 112 valence electrons. The highest BCUT2D eigenvalue weighted by Gasteiger charge is 2.22. The molecule has 1 aromatic rings. The Morgan fingerprint density at radius 1 is 1.29 bits per heavy atom. The fraction of sp³-hybridized carbons (Fsp3) is 0.375. The summed E-state index contributed by atoms with van der Waals surface area (Å²) in [6.45, 7) is 4.01. The Hall–Kier alpha value is -2.35. The molecule has 4 nitrogen and oxygen atoms in total. The lowest BCUT2D eigenvalue weighted by Crippen LogP contribution is -2.47. The minimum Gasteiger partial charge on any atom is -0.343 e. The molecular formula is C16H19FN2O2. The van der Waals surface area contributed by atoms with Crippen molar-refractivity contribution in [3.05, 3.63) is 35.6 Å². The maximum absolute atomic E-state index is 12.8. The van der Waals surface area contributed by atoms with E-state index >= 15 is 0 Å². The maximum atomic E-state index is 12.8. The van der Waals surface area contributed by atoms with E-state index in [2.05, 4.69) is 16.6 Å². The molecule has 0 heterocycles. The summed E-state index contributed by atoms with van der Waals surface area (Å²) in [6, 6.07) is 4.47. The topological polar surface area (TPSA) is 58.2 Å². The lowest BCUT2D eigenvalue weighted by molar-refractivity contribution is -0.123. The molecule has 1 atom stereocenters. The first-order valence-electron chi connectivity index (χ1n) is 6.71. The molecule has 2 N–H and O–H groups in total. The number of benzene rings is 1. The number of carbonyl (C=O) groups is 2. The molecule has 1 rings (SSSR count). The van der Waals surface area contributed by atoms with E-state index in [-0.39, 0.29) is 18.4 Å². The van der Waals surface area contributed by atoms with Crippen LogP contribution >= 0.6 is 0 Å². The Kier molecular flexibility index (Phi) is 6.41. The molecule has 0 radical (unpaired) electrons. The molecule has 0 fully saturated rings. The largest absolute Gasteiger partial charge is 0.343 e. The normalized spacial score (nSPS) is 11.6. The molecule has 0 unspecified atom stereocenters. The molecule has 21 heavy (non-hydrogen) atoms. The standard InChI is InChI=1S/C16H19FN2O2/c1-4-9-18-16(21)14(10-11(2)3)19-15(20)12-5-7-13(17)8-6-12/h1,5-8,11,14H,9-10H2,2-3H3,(H,18,21)(H,19,20)/t14-/m0/s1. The van der Waals surface area contributed by atoms with Crippen molar-refractivity contribution in [1.82, 2.24) is 10.6 Å². The Balaban J connectivity index is 2.75. The number of nitrogens with one attached hydrogen (secondary N) is 2. The third kappa shape index (κ3) is 5.65. The van der Waals surface area contributed by atoms with E-state index in [1.54, 1.807) is 0 Å². The molecule has 0 bridgehead atoms. The summed E-state index contributed by atoms with van der Waals surface area (Å²) in [4.78, 5) is 24.0. The van der Waals surface area contributed by atoms with Crippen LogP contribution in [0.25, 0.3) is 0 Å². The first-order chi connectivity index (χ1) is 9.93. The summed E-state index contributed by atoms with van der Waals surface area (Å²) >= 11 is 0. The monoisotopic (exact) mass is 290 g/mol. The Morgan fingerprint density at radius 3 is 2.43 bits per heavy atom. The van der Waals surface area contributed by atoms with Crippen molar-refractivity contribution < 1.29 is 14.0 Å². The molecule has 0 aliphatic carbocycles. The third-order valence-electron chi connectivity index (χ3n) is 2.80. The molecule has 2 amide bonds. The predicted molar refractivity (Wildman–Crippen MR) is 79.0 cm³/mol. The second kappa shape index (κ2) is 8.05. The van der Waals surface area contributed by atoms with Crippen LogP contribution in [0.1, 0.15) is 30.6 Å². The molecule has 0 aliphatic heterocycles. The van der Waals surface area contributed by atoms with Crippen LogP contribution in [0.3, 0.4) is 0 Å². The Labute approximate surface area is 124 Å². The highest BCUT2D eigenvalue weighted by Crippen LogP contribution is 2.08. The molecule has 0 aliphatic rings. The van der Waals surface area contributed by atoms with E-state index in [9.17, 15) is 14.0 Å². The average molecular weight is 290 g/mol. The van der Waals surface area contributed by atoms with Crippen LogP contribution < -0.4 is 10.6 Å². The molecule has 0 saturated carbocycles. The van der Waals surface area contributed by atoms with Gasteiger partial charge in [0.2, 0.25) is 5.91 Å². The zero-order valence-electron chi connectivity index (χ0n) is 12.2. The fourth-order valence-corrected chi connectivity index (χ4v) is 1.81. The summed E-state index contributed by atoms with van der Waals surface area (Å²) in [5.41, 5.74) is 0.301. The van der Waals surface area contributed by atoms with Crippen molar-refractivity contribution in [2.45, 2.75) is 26.3 Å². The van der Waals surface area contributed by atoms with Crippen LogP contribution in [-0.4, -0.2) is 24.4 Å². The summed E-state index contributed by atoms with van der Waals surface area (Å²) < 4.78 is 12.8. The van der Waals surface area contributed by atoms with Crippen LogP contribution in [0.5, 0.6) is 0 Å². The second-order valence-corrected chi connectivity index (χ2v) is 5.08. The number of terminal acetylenes is 1. The quantitative estimate of drug-likeness (QED) is 0.784. The summed E-state index contributed by atoms with van der Waals surface area (Å²) in [6.07, 6.45) is 5.59. The zero-order valence-corrected chi connectivity index (χ0v) is 12.2. The lowest BCUT2D eigenvalue weighted by Gasteiger charge is -2.19. The van der Waals surface area contributed by atoms with Gasteiger partial charge in [-0.05, 0) is 36.6 Å². The minimum atomic E-state index is -0.670. The van der Waals surface area contributed by atoms with Gasteiger partial charge in [-0.1, -0.05) is 19.8 Å². The summed E-state index contributed by atoms with van der Waals surface area (Å²) in [5.74, 6) is 1.37. The van der Waals surface area contributed by atoms with Crippen molar-refractivity contribution in [3.63, 3.8) is 0 Å². The van der Waals surface area contributed by atoms with Crippen LogP contribution in [0.15, 0.2) is 24.3 Å². The SMILES string of the molecule is C#CCNC(=O)[C@H](CC(C)C)NC(=O)c1ccc(F)cc1. The first kappa shape index (κ1) is 16.7. The second-order valence-electron chi connectivity index (χ2n) is 5.08. The number of amides is 2. The first-order valence-corrected chi connectivity index (χ1v) is 6.71. The predicted octanol–water partition coefficient (Wildman–Crippen LogP) is 1.72. The van der Waals surface area contributed by atoms with Gasteiger partial charge in [0.15, 0.2) is 0 Å². The van der Waals surface area contributed by atoms with Gasteiger partial charge >= 0.3 is 0 Å². The van der Waals surface area contributed by atoms with Gasteiger partial charge in [-0.2, -0.15) is 0 Å². The number of carbonyl (C=O) groups excluding carboxylic acids is 2. The van der Waals surface area contributed by atoms with Gasteiger partial charge < -0.3 is 10.6 Å². The van der Waals surface area contributed by atoms with Gasteiger partial charge in [0.25, 0.3) is 5.91 Å². The van der Waals surface area contributed by atoms with Gasteiger partial charge in [0.1, 0.15) is 11.9 Å². The van der Waals surface area contributed by atoms with E-state index in [1.807, 2.05) is 13.8 Å². The number of hydrogen-bond donors (Lipinski definition) is 2. The molecule has 5 heteroatoms. The molecule has 0 aromatic heterocycles. The minimum absolute atomic E-state index is 0.111. The van der Waals surface area contributed by atoms with Crippen LogP contribution in [0.2, 0.25) is 0 Å². The van der Waals surface area contributed by atoms with E-state index in [1.165, 1.54) is 24.3 Å². The number of hydrogen-bond acceptors (Lipinski definition) is 2. The highest BCUT2D eigenvalue weighted by atomic mass is 19.1. The van der Waals surface area contributed by atoms with Crippen molar-refractivity contribution in [2.24, 2.45) is 5.92 Å². The maximum Gasteiger partial charge on any atom is 0.251 e. The van der Waals surface area contributed by atoms with Crippen LogP contribution in [0, 0.1) is 24.1 Å². The molecular weight excluding hydrogens is 271 g/mol. The van der Waals surface area contributed by atoms with Gasteiger partial charge in [0, 0.05) is 5.56 Å². The molecule has 1 aromatic carbocycles. The molecule has 0 spiro atoms. The number of rotatable bonds is 6. The molecule has 0 saturated heterocycles. The van der Waals surface area contributed by atoms with Crippen LogP contribution in [0.4, 0.5) is 4.39 Å². The fourth-order valence-electron chi connectivity index (χ4n) is 1.81. The zero-order chi connectivity index (χ0) is 15.8. The third-order valence-corrected chi connectivity index (χ3v) is 2.80. The Bertz CT molecular complexity index is 532.